The second kappa shape index (κ2) is 6.25. The molecule has 0 bridgehead atoms. The number of nitrogens with zero attached hydrogens (tertiary/aromatic N) is 1. The van der Waals surface area contributed by atoms with Gasteiger partial charge in [0.2, 0.25) is 0 Å². The highest BCUT2D eigenvalue weighted by molar-refractivity contribution is 5.46. The van der Waals surface area contributed by atoms with E-state index in [4.69, 9.17) is 5.73 Å². The minimum absolute atomic E-state index is 0.877. The number of rotatable bonds is 6. The minimum Gasteiger partial charge on any atom is -0.398 e. The number of nitrogens with two attached hydrogens (primary N) is 1. The van der Waals surface area contributed by atoms with Gasteiger partial charge in [-0.05, 0) is 24.6 Å². The molecule has 0 atom stereocenters. The average Bonchev–Trinajstić information content (AvgIpc) is 2.22. The summed E-state index contributed by atoms with van der Waals surface area (Å²) in [5.74, 6) is 0. The van der Waals surface area contributed by atoms with Crippen LogP contribution in [0.5, 0.6) is 0 Å². The van der Waals surface area contributed by atoms with E-state index < -0.39 is 0 Å². The van der Waals surface area contributed by atoms with Gasteiger partial charge in [0.05, 0.1) is 0 Å². The van der Waals surface area contributed by atoms with Crippen LogP contribution in [0.15, 0.2) is 36.9 Å². The Bertz CT molecular complexity index is 307. The van der Waals surface area contributed by atoms with Crippen molar-refractivity contribution in [2.75, 3.05) is 18.8 Å². The van der Waals surface area contributed by atoms with E-state index in [2.05, 4.69) is 24.5 Å². The summed E-state index contributed by atoms with van der Waals surface area (Å²) in [6.45, 7) is 8.87. The van der Waals surface area contributed by atoms with Crippen LogP contribution in [-0.2, 0) is 6.54 Å². The van der Waals surface area contributed by atoms with Crippen molar-refractivity contribution in [3.8, 4) is 0 Å². The van der Waals surface area contributed by atoms with Crippen LogP contribution in [0.2, 0.25) is 0 Å². The van der Waals surface area contributed by atoms with Crippen LogP contribution in [-0.4, -0.2) is 18.0 Å². The van der Waals surface area contributed by atoms with Crippen molar-refractivity contribution >= 4 is 5.69 Å². The van der Waals surface area contributed by atoms with Gasteiger partial charge >= 0.3 is 0 Å². The van der Waals surface area contributed by atoms with Gasteiger partial charge in [0.25, 0.3) is 0 Å². The summed E-state index contributed by atoms with van der Waals surface area (Å²) in [6.07, 6.45) is 3.09. The highest BCUT2D eigenvalue weighted by atomic mass is 15.1. The van der Waals surface area contributed by atoms with Crippen molar-refractivity contribution in [1.82, 2.24) is 4.90 Å². The first-order chi connectivity index (χ1) is 7.27. The fourth-order valence-electron chi connectivity index (χ4n) is 1.65. The zero-order chi connectivity index (χ0) is 11.1. The molecule has 0 aliphatic rings. The van der Waals surface area contributed by atoms with E-state index >= 15 is 0 Å². The topological polar surface area (TPSA) is 29.3 Å². The first-order valence-corrected chi connectivity index (χ1v) is 5.44. The number of benzene rings is 1. The maximum Gasteiger partial charge on any atom is 0.0359 e. The van der Waals surface area contributed by atoms with E-state index in [1.54, 1.807) is 0 Å². The lowest BCUT2D eigenvalue weighted by molar-refractivity contribution is 0.296. The molecule has 0 amide bonds. The monoisotopic (exact) mass is 204 g/mol. The third kappa shape index (κ3) is 3.76. The Morgan fingerprint density at radius 1 is 1.40 bits per heavy atom. The Hall–Kier alpha value is -1.28. The standard InChI is InChI=1S/C13H20N2/c1-3-9-15(10-4-2)11-12-7-5-6-8-13(12)14/h3,5-8H,1,4,9-11,14H2,2H3. The molecule has 2 N–H and O–H groups in total. The van der Waals surface area contributed by atoms with Gasteiger partial charge in [-0.1, -0.05) is 31.2 Å². The fourth-order valence-corrected chi connectivity index (χ4v) is 1.65. The van der Waals surface area contributed by atoms with Crippen LogP contribution in [0.4, 0.5) is 5.69 Å². The number of hydrogen-bond donors (Lipinski definition) is 1. The van der Waals surface area contributed by atoms with Gasteiger partial charge in [-0.15, -0.1) is 6.58 Å². The molecule has 0 unspecified atom stereocenters. The zero-order valence-electron chi connectivity index (χ0n) is 9.45. The summed E-state index contributed by atoms with van der Waals surface area (Å²) >= 11 is 0. The van der Waals surface area contributed by atoms with Crippen LogP contribution in [0, 0.1) is 0 Å². The molecule has 82 valence electrons. The molecule has 2 nitrogen and oxygen atoms in total. The summed E-state index contributed by atoms with van der Waals surface area (Å²) in [5.41, 5.74) is 7.99. The maximum atomic E-state index is 5.91. The van der Waals surface area contributed by atoms with E-state index in [-0.39, 0.29) is 0 Å². The molecule has 0 aliphatic carbocycles. The lowest BCUT2D eigenvalue weighted by Gasteiger charge is -2.20. The molecule has 0 saturated heterocycles. The van der Waals surface area contributed by atoms with Crippen molar-refractivity contribution in [1.29, 1.82) is 0 Å². The van der Waals surface area contributed by atoms with Gasteiger partial charge in [0.15, 0.2) is 0 Å². The van der Waals surface area contributed by atoms with E-state index in [1.165, 1.54) is 5.56 Å². The summed E-state index contributed by atoms with van der Waals surface area (Å²) in [6, 6.07) is 8.04. The van der Waals surface area contributed by atoms with Crippen LogP contribution in [0.25, 0.3) is 0 Å². The first kappa shape index (κ1) is 11.8. The SMILES string of the molecule is C=CCN(CCC)Cc1ccccc1N. The van der Waals surface area contributed by atoms with Crippen molar-refractivity contribution in [2.24, 2.45) is 0 Å². The average molecular weight is 204 g/mol. The van der Waals surface area contributed by atoms with Gasteiger partial charge in [-0.3, -0.25) is 4.90 Å². The second-order valence-electron chi connectivity index (χ2n) is 3.72. The Kier molecular flexibility index (Phi) is 4.91. The molecule has 1 aromatic carbocycles. The van der Waals surface area contributed by atoms with Gasteiger partial charge in [-0.25, -0.2) is 0 Å². The van der Waals surface area contributed by atoms with Gasteiger partial charge in [0, 0.05) is 18.8 Å². The summed E-state index contributed by atoms with van der Waals surface area (Å²) in [5, 5.41) is 0. The molecule has 0 aliphatic heterocycles. The van der Waals surface area contributed by atoms with Crippen molar-refractivity contribution in [3.05, 3.63) is 42.5 Å². The highest BCUT2D eigenvalue weighted by Crippen LogP contribution is 2.13. The van der Waals surface area contributed by atoms with Crippen LogP contribution >= 0.6 is 0 Å². The normalized spacial score (nSPS) is 10.5. The molecule has 15 heavy (non-hydrogen) atoms. The Morgan fingerprint density at radius 2 is 2.13 bits per heavy atom. The van der Waals surface area contributed by atoms with Gasteiger partial charge in [-0.2, -0.15) is 0 Å². The zero-order valence-corrected chi connectivity index (χ0v) is 9.45. The predicted octanol–water partition coefficient (Wildman–Crippen LogP) is 2.67. The Labute approximate surface area is 92.4 Å². The molecule has 2 heteroatoms. The third-order valence-corrected chi connectivity index (χ3v) is 2.38. The number of nitrogen functional groups attached to an aromatic ring is 1. The second-order valence-corrected chi connectivity index (χ2v) is 3.72. The molecule has 1 aromatic rings. The van der Waals surface area contributed by atoms with Crippen molar-refractivity contribution in [3.63, 3.8) is 0 Å². The largest absolute Gasteiger partial charge is 0.398 e. The fraction of sp³-hybridized carbons (Fsp3) is 0.385. The van der Waals surface area contributed by atoms with E-state index in [0.717, 1.165) is 31.7 Å². The van der Waals surface area contributed by atoms with Gasteiger partial charge in [0.1, 0.15) is 0 Å². The molecule has 0 spiro atoms. The van der Waals surface area contributed by atoms with Crippen molar-refractivity contribution < 1.29 is 0 Å². The molecule has 1 rings (SSSR count). The summed E-state index contributed by atoms with van der Waals surface area (Å²) < 4.78 is 0. The minimum atomic E-state index is 0.877. The summed E-state index contributed by atoms with van der Waals surface area (Å²) in [7, 11) is 0. The highest BCUT2D eigenvalue weighted by Gasteiger charge is 2.04. The van der Waals surface area contributed by atoms with Crippen molar-refractivity contribution in [2.45, 2.75) is 19.9 Å². The van der Waals surface area contributed by atoms with Crippen LogP contribution in [0.3, 0.4) is 0 Å². The Balaban J connectivity index is 2.64. The van der Waals surface area contributed by atoms with Gasteiger partial charge < -0.3 is 5.73 Å². The number of anilines is 1. The lowest BCUT2D eigenvalue weighted by atomic mass is 10.1. The maximum absolute atomic E-state index is 5.91. The molecule has 0 radical (unpaired) electrons. The molecular weight excluding hydrogens is 184 g/mol. The molecular formula is C13H20N2. The van der Waals surface area contributed by atoms with E-state index in [9.17, 15) is 0 Å². The van der Waals surface area contributed by atoms with E-state index in [0.29, 0.717) is 0 Å². The number of para-hydroxylation sites is 1. The lowest BCUT2D eigenvalue weighted by Crippen LogP contribution is -2.24. The summed E-state index contributed by atoms with van der Waals surface area (Å²) in [4.78, 5) is 2.35. The quantitative estimate of drug-likeness (QED) is 0.570. The number of hydrogen-bond acceptors (Lipinski definition) is 2. The predicted molar refractivity (Wildman–Crippen MR) is 66.6 cm³/mol. The Morgan fingerprint density at radius 3 is 2.73 bits per heavy atom. The van der Waals surface area contributed by atoms with Crippen LogP contribution in [0.1, 0.15) is 18.9 Å². The third-order valence-electron chi connectivity index (χ3n) is 2.38. The smallest absolute Gasteiger partial charge is 0.0359 e. The molecule has 0 fully saturated rings. The first-order valence-electron chi connectivity index (χ1n) is 5.44. The van der Waals surface area contributed by atoms with Crippen LogP contribution < -0.4 is 5.73 Å². The molecule has 0 aromatic heterocycles. The molecule has 0 saturated carbocycles. The molecule has 0 heterocycles. The van der Waals surface area contributed by atoms with E-state index in [1.807, 2.05) is 24.3 Å².